The van der Waals surface area contributed by atoms with Crippen molar-refractivity contribution in [3.63, 3.8) is 0 Å². The zero-order valence-corrected chi connectivity index (χ0v) is 11.8. The number of rotatable bonds is 2. The predicted octanol–water partition coefficient (Wildman–Crippen LogP) is 3.82. The minimum absolute atomic E-state index is 0.512. The summed E-state index contributed by atoms with van der Waals surface area (Å²) in [4.78, 5) is 10.7. The molecule has 0 aliphatic carbocycles. The van der Waals surface area contributed by atoms with Gasteiger partial charge in [-0.1, -0.05) is 29.8 Å². The van der Waals surface area contributed by atoms with Gasteiger partial charge in [0.1, 0.15) is 16.8 Å². The third-order valence-corrected chi connectivity index (χ3v) is 3.34. The van der Waals surface area contributed by atoms with E-state index in [1.807, 2.05) is 37.9 Å². The second kappa shape index (κ2) is 4.94. The van der Waals surface area contributed by atoms with Gasteiger partial charge in [0.2, 0.25) is 0 Å². The van der Waals surface area contributed by atoms with Gasteiger partial charge in [0.15, 0.2) is 0 Å². The Hall–Kier alpha value is -1.61. The summed E-state index contributed by atoms with van der Waals surface area (Å²) in [5, 5.41) is 0.512. The van der Waals surface area contributed by atoms with Crippen molar-refractivity contribution < 1.29 is 0 Å². The van der Waals surface area contributed by atoms with Crippen LogP contribution in [0.5, 0.6) is 0 Å². The highest BCUT2D eigenvalue weighted by Gasteiger charge is 2.14. The minimum atomic E-state index is 0.512. The Morgan fingerprint density at radius 2 is 1.72 bits per heavy atom. The monoisotopic (exact) mass is 261 g/mol. The van der Waals surface area contributed by atoms with Crippen molar-refractivity contribution >= 4 is 23.1 Å². The summed E-state index contributed by atoms with van der Waals surface area (Å²) >= 11 is 6.11. The van der Waals surface area contributed by atoms with Gasteiger partial charge in [0, 0.05) is 18.3 Å². The number of benzene rings is 1. The van der Waals surface area contributed by atoms with E-state index in [2.05, 4.69) is 29.0 Å². The molecule has 0 N–H and O–H groups in total. The van der Waals surface area contributed by atoms with Crippen LogP contribution in [0.4, 0.5) is 11.5 Å². The number of hydrogen-bond donors (Lipinski definition) is 0. The number of nitrogens with zero attached hydrogens (tertiary/aromatic N) is 3. The normalized spacial score (nSPS) is 10.5. The lowest BCUT2D eigenvalue weighted by atomic mass is 10.2. The van der Waals surface area contributed by atoms with E-state index in [9.17, 15) is 0 Å². The molecule has 94 valence electrons. The fraction of sp³-hybridized carbons (Fsp3) is 0.286. The molecule has 1 aromatic heterocycles. The summed E-state index contributed by atoms with van der Waals surface area (Å²) in [7, 11) is 1.99. The maximum Gasteiger partial charge on any atom is 0.140 e. The van der Waals surface area contributed by atoms with Crippen molar-refractivity contribution in [2.75, 3.05) is 11.9 Å². The molecule has 0 aliphatic rings. The van der Waals surface area contributed by atoms with Gasteiger partial charge in [-0.25, -0.2) is 9.97 Å². The Balaban J connectivity index is 2.53. The molecule has 0 amide bonds. The fourth-order valence-corrected chi connectivity index (χ4v) is 2.17. The van der Waals surface area contributed by atoms with Crippen molar-refractivity contribution in [2.24, 2.45) is 0 Å². The van der Waals surface area contributed by atoms with Crippen LogP contribution in [-0.2, 0) is 0 Å². The van der Waals surface area contributed by atoms with Crippen LogP contribution < -0.4 is 4.90 Å². The van der Waals surface area contributed by atoms with Crippen molar-refractivity contribution in [1.29, 1.82) is 0 Å². The summed E-state index contributed by atoms with van der Waals surface area (Å²) in [6.07, 6.45) is 0. The first-order valence-corrected chi connectivity index (χ1v) is 6.18. The van der Waals surface area contributed by atoms with Gasteiger partial charge in [-0.2, -0.15) is 0 Å². The summed E-state index contributed by atoms with van der Waals surface area (Å²) < 4.78 is 0. The summed E-state index contributed by atoms with van der Waals surface area (Å²) in [6.45, 7) is 5.86. The molecule has 0 bridgehead atoms. The molecule has 0 fully saturated rings. The number of anilines is 2. The summed E-state index contributed by atoms with van der Waals surface area (Å²) in [6, 6.07) is 8.19. The van der Waals surface area contributed by atoms with Gasteiger partial charge in [0.25, 0.3) is 0 Å². The molecule has 0 atom stereocenters. The zero-order valence-electron chi connectivity index (χ0n) is 11.0. The second-order valence-electron chi connectivity index (χ2n) is 4.36. The Labute approximate surface area is 112 Å². The van der Waals surface area contributed by atoms with Crippen molar-refractivity contribution in [1.82, 2.24) is 9.97 Å². The topological polar surface area (TPSA) is 29.0 Å². The standard InChI is InChI=1S/C14H16ClN3/c1-9-7-5-6-8-12(9)18(4)14-10(2)13(15)16-11(3)17-14/h5-8H,1-4H3. The maximum absolute atomic E-state index is 6.11. The van der Waals surface area contributed by atoms with E-state index < -0.39 is 0 Å². The second-order valence-corrected chi connectivity index (χ2v) is 4.71. The molecule has 0 saturated carbocycles. The fourth-order valence-electron chi connectivity index (χ4n) is 1.96. The summed E-state index contributed by atoms with van der Waals surface area (Å²) in [5.74, 6) is 1.53. The number of halogens is 1. The van der Waals surface area contributed by atoms with Crippen molar-refractivity contribution in [2.45, 2.75) is 20.8 Å². The lowest BCUT2D eigenvalue weighted by molar-refractivity contribution is 0.989. The Kier molecular flexibility index (Phi) is 3.53. The molecule has 0 aliphatic heterocycles. The first-order valence-electron chi connectivity index (χ1n) is 5.81. The molecular formula is C14H16ClN3. The molecule has 4 heteroatoms. The maximum atomic E-state index is 6.11. The molecule has 18 heavy (non-hydrogen) atoms. The molecule has 2 aromatic rings. The smallest absolute Gasteiger partial charge is 0.140 e. The lowest BCUT2D eigenvalue weighted by Gasteiger charge is -2.22. The first kappa shape index (κ1) is 12.8. The third kappa shape index (κ3) is 2.31. The van der Waals surface area contributed by atoms with Crippen LogP contribution in [0.15, 0.2) is 24.3 Å². The van der Waals surface area contributed by atoms with Crippen LogP contribution in [-0.4, -0.2) is 17.0 Å². The highest BCUT2D eigenvalue weighted by atomic mass is 35.5. The zero-order chi connectivity index (χ0) is 13.3. The molecular weight excluding hydrogens is 246 g/mol. The van der Waals surface area contributed by atoms with Crippen LogP contribution in [0.3, 0.4) is 0 Å². The highest BCUT2D eigenvalue weighted by molar-refractivity contribution is 6.30. The van der Waals surface area contributed by atoms with Crippen molar-refractivity contribution in [3.05, 3.63) is 46.4 Å². The largest absolute Gasteiger partial charge is 0.329 e. The molecule has 3 nitrogen and oxygen atoms in total. The quantitative estimate of drug-likeness (QED) is 0.770. The van der Waals surface area contributed by atoms with Gasteiger partial charge in [-0.15, -0.1) is 0 Å². The number of hydrogen-bond acceptors (Lipinski definition) is 3. The molecule has 0 saturated heterocycles. The lowest BCUT2D eigenvalue weighted by Crippen LogP contribution is -2.15. The van der Waals surface area contributed by atoms with Crippen LogP contribution in [0.1, 0.15) is 17.0 Å². The Bertz CT molecular complexity index is 581. The van der Waals surface area contributed by atoms with E-state index in [-0.39, 0.29) is 0 Å². The van der Waals surface area contributed by atoms with Gasteiger partial charge in [0.05, 0.1) is 0 Å². The molecule has 1 aromatic carbocycles. The van der Waals surface area contributed by atoms with E-state index in [0.29, 0.717) is 11.0 Å². The number of aromatic nitrogens is 2. The van der Waals surface area contributed by atoms with Gasteiger partial charge in [-0.3, -0.25) is 0 Å². The van der Waals surface area contributed by atoms with Crippen LogP contribution in [0, 0.1) is 20.8 Å². The SMILES string of the molecule is Cc1nc(Cl)c(C)c(N(C)c2ccccc2C)n1. The van der Waals surface area contributed by atoms with Gasteiger partial charge in [-0.05, 0) is 32.4 Å². The summed E-state index contributed by atoms with van der Waals surface area (Å²) in [5.41, 5.74) is 3.22. The van der Waals surface area contributed by atoms with Crippen molar-refractivity contribution in [3.8, 4) is 0 Å². The molecule has 1 heterocycles. The third-order valence-electron chi connectivity index (χ3n) is 2.97. The van der Waals surface area contributed by atoms with E-state index in [0.717, 1.165) is 17.1 Å². The van der Waals surface area contributed by atoms with Crippen LogP contribution in [0.2, 0.25) is 5.15 Å². The Morgan fingerprint density at radius 3 is 2.39 bits per heavy atom. The van der Waals surface area contributed by atoms with E-state index >= 15 is 0 Å². The van der Waals surface area contributed by atoms with Gasteiger partial charge < -0.3 is 4.90 Å². The van der Waals surface area contributed by atoms with E-state index in [4.69, 9.17) is 11.6 Å². The molecule has 2 rings (SSSR count). The van der Waals surface area contributed by atoms with Gasteiger partial charge >= 0.3 is 0 Å². The van der Waals surface area contributed by atoms with E-state index in [1.165, 1.54) is 5.56 Å². The highest BCUT2D eigenvalue weighted by Crippen LogP contribution is 2.29. The Morgan fingerprint density at radius 1 is 1.06 bits per heavy atom. The molecule has 0 spiro atoms. The average Bonchev–Trinajstić information content (AvgIpc) is 2.33. The van der Waals surface area contributed by atoms with Crippen LogP contribution in [0.25, 0.3) is 0 Å². The van der Waals surface area contributed by atoms with Crippen LogP contribution >= 0.6 is 11.6 Å². The molecule has 0 unspecified atom stereocenters. The predicted molar refractivity (Wildman–Crippen MR) is 75.8 cm³/mol. The number of aryl methyl sites for hydroxylation is 2. The van der Waals surface area contributed by atoms with E-state index in [1.54, 1.807) is 0 Å². The number of para-hydroxylation sites is 1. The first-order chi connectivity index (χ1) is 8.50. The average molecular weight is 262 g/mol. The minimum Gasteiger partial charge on any atom is -0.329 e. The molecule has 0 radical (unpaired) electrons.